The van der Waals surface area contributed by atoms with Crippen LogP contribution in [-0.4, -0.2) is 47.4 Å². The molecule has 80 heavy (non-hydrogen) atoms. The molecular formula is C71H97NO4Si4. The molecule has 0 saturated heterocycles. The largest absolute Gasteiger partial charge is 0.406 e. The van der Waals surface area contributed by atoms with Crippen LogP contribution in [0.3, 0.4) is 0 Å². The van der Waals surface area contributed by atoms with Crippen LogP contribution in [-0.2, 0) is 17.7 Å². The number of nitrogens with zero attached hydrogens (tertiary/aromatic N) is 1. The topological polar surface area (TPSA) is 40.2 Å². The molecule has 0 spiro atoms. The van der Waals surface area contributed by atoms with E-state index >= 15 is 0 Å². The standard InChI is InChI=1S/C24H28OSi.C19H25NOSi.2C14H22OSi/c1-4-18-16-20(15-14-19-10-6-5-7-11-19)22(17-18)24-21-12-8-9-13-23(21)26(2,3)25-24;1-5-22(6-2)18-10-8-7-9-17(18)19(21-22)15-11-13-16(14-12-15)20(3)4;2*1-10(2)16(11(3)4)14-9-7-6-8-13(14)12(5)15-16/h4-15,18,20,22,24H,1,16-17H2,2-3H3;7-14,19H,5-6H2,1-4H3;2*6-12H,1-5H3/b15-14+;;;. The first kappa shape index (κ1) is 61.4. The second-order valence-electron chi connectivity index (χ2n) is 25.4. The monoisotopic (exact) mass is 1140 g/mol. The number of hydrogen-bond acceptors (Lipinski definition) is 5. The molecular weight excluding hydrogens is 1040 g/mol. The Bertz CT molecular complexity index is 2930. The highest BCUT2D eigenvalue weighted by Crippen LogP contribution is 2.50. The minimum Gasteiger partial charge on any atom is -0.406 e. The minimum absolute atomic E-state index is 0.110. The Hall–Kier alpha value is -4.69. The summed E-state index contributed by atoms with van der Waals surface area (Å²) in [6, 6.07) is 57.1. The molecule has 11 rings (SSSR count). The Kier molecular flexibility index (Phi) is 19.8. The van der Waals surface area contributed by atoms with E-state index in [-0.39, 0.29) is 24.4 Å². The maximum atomic E-state index is 6.75. The Morgan fingerprint density at radius 1 is 0.525 bits per heavy atom. The molecule has 0 amide bonds. The third-order valence-corrected chi connectivity index (χ3v) is 36.8. The van der Waals surface area contributed by atoms with E-state index in [2.05, 4.69) is 292 Å². The second-order valence-corrected chi connectivity index (χ2v) is 42.7. The van der Waals surface area contributed by atoms with Gasteiger partial charge in [0.2, 0.25) is 33.3 Å². The first-order valence-corrected chi connectivity index (χ1v) is 39.8. The van der Waals surface area contributed by atoms with Crippen LogP contribution in [0.15, 0.2) is 170 Å². The Balaban J connectivity index is 0.000000143. The highest BCUT2D eigenvalue weighted by molar-refractivity contribution is 6.90. The molecule has 7 atom stereocenters. The fraction of sp³-hybridized carbons (Fsp3) is 0.437. The van der Waals surface area contributed by atoms with Crippen molar-refractivity contribution in [3.63, 3.8) is 0 Å². The van der Waals surface area contributed by atoms with Crippen molar-refractivity contribution in [2.24, 2.45) is 17.8 Å². The molecule has 0 radical (unpaired) electrons. The molecule has 1 aliphatic carbocycles. The first-order valence-electron chi connectivity index (χ1n) is 30.4. The van der Waals surface area contributed by atoms with Crippen molar-refractivity contribution in [1.29, 1.82) is 0 Å². The molecule has 6 aromatic rings. The molecule has 4 heterocycles. The zero-order valence-corrected chi connectivity index (χ0v) is 55.6. The minimum atomic E-state index is -1.79. The van der Waals surface area contributed by atoms with Crippen molar-refractivity contribution in [3.8, 4) is 0 Å². The zero-order valence-electron chi connectivity index (χ0n) is 51.6. The van der Waals surface area contributed by atoms with Crippen LogP contribution in [0.4, 0.5) is 5.69 Å². The average molecular weight is 1140 g/mol. The first-order chi connectivity index (χ1) is 38.2. The van der Waals surface area contributed by atoms with Crippen molar-refractivity contribution < 1.29 is 17.7 Å². The fourth-order valence-electron chi connectivity index (χ4n) is 14.6. The summed E-state index contributed by atoms with van der Waals surface area (Å²) >= 11 is 0. The van der Waals surface area contributed by atoms with Gasteiger partial charge < -0.3 is 22.6 Å². The normalized spacial score (nSPS) is 24.0. The van der Waals surface area contributed by atoms with Crippen LogP contribution >= 0.6 is 0 Å². The number of fused-ring (bicyclic) bond motifs is 4. The fourth-order valence-corrected chi connectivity index (χ4v) is 30.8. The van der Waals surface area contributed by atoms with Gasteiger partial charge in [0, 0.05) is 19.8 Å². The van der Waals surface area contributed by atoms with Gasteiger partial charge in [0.05, 0.1) is 24.4 Å². The highest BCUT2D eigenvalue weighted by atomic mass is 28.4. The molecule has 1 fully saturated rings. The summed E-state index contributed by atoms with van der Waals surface area (Å²) < 4.78 is 26.4. The van der Waals surface area contributed by atoms with E-state index in [4.69, 9.17) is 17.7 Å². The molecule has 0 bridgehead atoms. The van der Waals surface area contributed by atoms with Crippen LogP contribution in [0.5, 0.6) is 0 Å². The summed E-state index contributed by atoms with van der Waals surface area (Å²) in [4.78, 5) is 2.13. The van der Waals surface area contributed by atoms with Gasteiger partial charge >= 0.3 is 0 Å². The predicted octanol–water partition coefficient (Wildman–Crippen LogP) is 17.3. The lowest BCUT2D eigenvalue weighted by Crippen LogP contribution is -2.52. The molecule has 0 aromatic heterocycles. The summed E-state index contributed by atoms with van der Waals surface area (Å²) in [6.45, 7) is 36.3. The van der Waals surface area contributed by atoms with Gasteiger partial charge in [-0.3, -0.25) is 0 Å². The van der Waals surface area contributed by atoms with Gasteiger partial charge in [-0.2, -0.15) is 0 Å². The lowest BCUT2D eigenvalue weighted by molar-refractivity contribution is 0.127. The van der Waals surface area contributed by atoms with E-state index in [1.54, 1.807) is 0 Å². The maximum Gasteiger partial charge on any atom is 0.230 e. The third kappa shape index (κ3) is 12.1. The van der Waals surface area contributed by atoms with Gasteiger partial charge in [-0.1, -0.05) is 227 Å². The second kappa shape index (κ2) is 25.8. The molecule has 9 heteroatoms. The summed E-state index contributed by atoms with van der Waals surface area (Å²) in [5.74, 6) is 1.67. The van der Waals surface area contributed by atoms with Crippen molar-refractivity contribution in [2.75, 3.05) is 19.0 Å². The van der Waals surface area contributed by atoms with Crippen molar-refractivity contribution >= 4 is 65.8 Å². The molecule has 7 unspecified atom stereocenters. The van der Waals surface area contributed by atoms with E-state index in [1.165, 1.54) is 72.7 Å². The lowest BCUT2D eigenvalue weighted by atomic mass is 9.86. The van der Waals surface area contributed by atoms with Crippen LogP contribution in [0, 0.1) is 17.8 Å². The van der Waals surface area contributed by atoms with E-state index in [0.29, 0.717) is 39.9 Å². The molecule has 5 aliphatic rings. The maximum absolute atomic E-state index is 6.75. The van der Waals surface area contributed by atoms with Crippen LogP contribution < -0.4 is 25.6 Å². The van der Waals surface area contributed by atoms with Gasteiger partial charge in [-0.05, 0) is 158 Å². The molecule has 1 saturated carbocycles. The summed E-state index contributed by atoms with van der Waals surface area (Å²) in [5.41, 5.74) is 12.0. The van der Waals surface area contributed by atoms with Crippen LogP contribution in [0.1, 0.15) is 154 Å². The zero-order chi connectivity index (χ0) is 57.7. The average Bonchev–Trinajstić information content (AvgIpc) is 4.29. The van der Waals surface area contributed by atoms with Gasteiger partial charge in [0.15, 0.2) is 0 Å². The van der Waals surface area contributed by atoms with Crippen LogP contribution in [0.25, 0.3) is 6.08 Å². The van der Waals surface area contributed by atoms with Crippen molar-refractivity contribution in [3.05, 3.63) is 204 Å². The number of hydrogen-bond donors (Lipinski definition) is 0. The molecule has 0 N–H and O–H groups in total. The molecule has 4 aliphatic heterocycles. The number of anilines is 1. The Morgan fingerprint density at radius 2 is 0.975 bits per heavy atom. The number of rotatable bonds is 12. The van der Waals surface area contributed by atoms with E-state index in [0.717, 1.165) is 12.1 Å². The lowest BCUT2D eigenvalue weighted by Gasteiger charge is -2.35. The van der Waals surface area contributed by atoms with E-state index < -0.39 is 33.3 Å². The summed E-state index contributed by atoms with van der Waals surface area (Å²) in [6.07, 6.45) is 10.1. The van der Waals surface area contributed by atoms with Crippen molar-refractivity contribution in [2.45, 2.75) is 168 Å². The third-order valence-electron chi connectivity index (χ3n) is 18.8. The Morgan fingerprint density at radius 3 is 1.45 bits per heavy atom. The highest BCUT2D eigenvalue weighted by Gasteiger charge is 2.53. The van der Waals surface area contributed by atoms with Crippen LogP contribution in [0.2, 0.25) is 47.3 Å². The quantitative estimate of drug-likeness (QED) is 0.0902. The SMILES string of the molecule is C=CC1CC(/C=C/c2ccccc2)C(C2O[Si](C)(C)c3ccccc32)C1.CC1O[Si](C(C)C)(C(C)C)c2ccccc21.CC1O[Si](C(C)C)(C(C)C)c2ccccc21.CC[Si]1(CC)OC(c2ccc(N(C)C)cc2)c2ccccc21. The van der Waals surface area contributed by atoms with Crippen molar-refractivity contribution in [1.82, 2.24) is 0 Å². The van der Waals surface area contributed by atoms with E-state index in [9.17, 15) is 0 Å². The van der Waals surface area contributed by atoms with Gasteiger partial charge in [-0.15, -0.1) is 6.58 Å². The molecule has 6 aromatic carbocycles. The smallest absolute Gasteiger partial charge is 0.230 e. The Labute approximate surface area is 488 Å². The molecule has 5 nitrogen and oxygen atoms in total. The number of allylic oxidation sites excluding steroid dienone is 2. The molecule has 426 valence electrons. The van der Waals surface area contributed by atoms with Gasteiger partial charge in [-0.25, -0.2) is 0 Å². The number of benzene rings is 6. The summed E-state index contributed by atoms with van der Waals surface area (Å²) in [7, 11) is -2.98. The predicted molar refractivity (Wildman–Crippen MR) is 352 cm³/mol. The van der Waals surface area contributed by atoms with Gasteiger partial charge in [0.1, 0.15) is 0 Å². The summed E-state index contributed by atoms with van der Waals surface area (Å²) in [5, 5.41) is 6.06. The van der Waals surface area contributed by atoms with Gasteiger partial charge in [0.25, 0.3) is 0 Å². The van der Waals surface area contributed by atoms with E-state index in [1.807, 2.05) is 0 Å².